The summed E-state index contributed by atoms with van der Waals surface area (Å²) >= 11 is 0. The number of carbonyl (C=O) groups is 1. The van der Waals surface area contributed by atoms with Gasteiger partial charge in [0.25, 0.3) is 0 Å². The van der Waals surface area contributed by atoms with Crippen molar-refractivity contribution in [1.29, 1.82) is 0 Å². The van der Waals surface area contributed by atoms with Crippen LogP contribution in [0.4, 0.5) is 4.79 Å². The van der Waals surface area contributed by atoms with Gasteiger partial charge in [-0.1, -0.05) is 17.7 Å². The summed E-state index contributed by atoms with van der Waals surface area (Å²) in [5.74, 6) is 2.26. The Kier molecular flexibility index (Phi) is 6.29. The average Bonchev–Trinajstić information content (AvgIpc) is 2.70. The van der Waals surface area contributed by atoms with E-state index in [1.54, 1.807) is 14.2 Å². The predicted molar refractivity (Wildman–Crippen MR) is 108 cm³/mol. The van der Waals surface area contributed by atoms with Gasteiger partial charge in [-0.15, -0.1) is 0 Å². The largest absolute Gasteiger partial charge is 0.493 e. The lowest BCUT2D eigenvalue weighted by atomic mass is 9.99. The second-order valence-electron chi connectivity index (χ2n) is 7.00. The van der Waals surface area contributed by atoms with Gasteiger partial charge in [0.05, 0.1) is 20.8 Å². The molecule has 28 heavy (non-hydrogen) atoms. The van der Waals surface area contributed by atoms with Crippen LogP contribution in [0.15, 0.2) is 30.3 Å². The van der Waals surface area contributed by atoms with Crippen molar-refractivity contribution in [3.05, 3.63) is 52.6 Å². The zero-order valence-electron chi connectivity index (χ0n) is 17.0. The highest BCUT2D eigenvalue weighted by molar-refractivity contribution is 5.74. The van der Waals surface area contributed by atoms with Crippen molar-refractivity contribution in [1.82, 2.24) is 10.2 Å². The van der Waals surface area contributed by atoms with E-state index in [0.29, 0.717) is 32.0 Å². The number of carbonyl (C=O) groups excluding carboxylic acids is 1. The van der Waals surface area contributed by atoms with Crippen LogP contribution in [0.3, 0.4) is 0 Å². The summed E-state index contributed by atoms with van der Waals surface area (Å²) in [5, 5.41) is 2.94. The van der Waals surface area contributed by atoms with Crippen molar-refractivity contribution < 1.29 is 19.0 Å². The fourth-order valence-electron chi connectivity index (χ4n) is 3.45. The molecule has 0 aliphatic carbocycles. The normalized spacial score (nSPS) is 12.9. The molecule has 0 aromatic heterocycles. The van der Waals surface area contributed by atoms with Crippen LogP contribution in [-0.4, -0.2) is 44.8 Å². The van der Waals surface area contributed by atoms with Gasteiger partial charge in [-0.2, -0.15) is 0 Å². The summed E-state index contributed by atoms with van der Waals surface area (Å²) in [6.45, 7) is 6.20. The Labute approximate surface area is 166 Å². The van der Waals surface area contributed by atoms with Gasteiger partial charge in [0.2, 0.25) is 0 Å². The number of nitrogens with one attached hydrogen (secondary N) is 1. The molecule has 0 radical (unpaired) electrons. The molecule has 3 rings (SSSR count). The number of hydrogen-bond donors (Lipinski definition) is 1. The third-order valence-electron chi connectivity index (χ3n) is 4.97. The lowest BCUT2D eigenvalue weighted by Gasteiger charge is -2.29. The van der Waals surface area contributed by atoms with Crippen LogP contribution in [0, 0.1) is 13.8 Å². The van der Waals surface area contributed by atoms with Crippen LogP contribution in [0.2, 0.25) is 0 Å². The topological polar surface area (TPSA) is 60.0 Å². The highest BCUT2D eigenvalue weighted by Crippen LogP contribution is 2.33. The molecular formula is C22H28N2O4. The number of urea groups is 1. The van der Waals surface area contributed by atoms with Crippen LogP contribution >= 0.6 is 0 Å². The number of fused-ring (bicyclic) bond motifs is 1. The van der Waals surface area contributed by atoms with E-state index in [4.69, 9.17) is 14.2 Å². The van der Waals surface area contributed by atoms with Crippen LogP contribution in [0.1, 0.15) is 22.3 Å². The van der Waals surface area contributed by atoms with E-state index in [1.165, 1.54) is 11.1 Å². The maximum atomic E-state index is 12.5. The first-order valence-corrected chi connectivity index (χ1v) is 9.48. The average molecular weight is 384 g/mol. The number of rotatable bonds is 6. The van der Waals surface area contributed by atoms with Crippen LogP contribution in [0.5, 0.6) is 17.2 Å². The van der Waals surface area contributed by atoms with Crippen molar-refractivity contribution in [3.63, 3.8) is 0 Å². The molecule has 2 aromatic rings. The maximum absolute atomic E-state index is 12.5. The Hall–Kier alpha value is -2.89. The number of aryl methyl sites for hydroxylation is 2. The summed E-state index contributed by atoms with van der Waals surface area (Å²) in [4.78, 5) is 14.3. The summed E-state index contributed by atoms with van der Waals surface area (Å²) in [5.41, 5.74) is 4.59. The van der Waals surface area contributed by atoms with Gasteiger partial charge in [-0.3, -0.25) is 0 Å². The van der Waals surface area contributed by atoms with Crippen LogP contribution in [0.25, 0.3) is 0 Å². The molecule has 1 aliphatic heterocycles. The van der Waals surface area contributed by atoms with Gasteiger partial charge < -0.3 is 24.4 Å². The predicted octanol–water partition coefficient (Wildman–Crippen LogP) is 3.47. The van der Waals surface area contributed by atoms with Crippen LogP contribution in [-0.2, 0) is 13.0 Å². The van der Waals surface area contributed by atoms with Crippen molar-refractivity contribution in [2.75, 3.05) is 33.9 Å². The fourth-order valence-corrected chi connectivity index (χ4v) is 3.45. The van der Waals surface area contributed by atoms with E-state index in [-0.39, 0.29) is 6.03 Å². The Morgan fingerprint density at radius 3 is 2.43 bits per heavy atom. The summed E-state index contributed by atoms with van der Waals surface area (Å²) in [6, 6.07) is 9.95. The quantitative estimate of drug-likeness (QED) is 0.775. The molecule has 0 saturated heterocycles. The molecule has 0 unspecified atom stereocenters. The Bertz CT molecular complexity index is 851. The van der Waals surface area contributed by atoms with E-state index in [1.807, 2.05) is 36.1 Å². The Morgan fingerprint density at radius 2 is 1.75 bits per heavy atom. The molecule has 0 fully saturated rings. The Morgan fingerprint density at radius 1 is 1.04 bits per heavy atom. The highest BCUT2D eigenvalue weighted by atomic mass is 16.5. The first kappa shape index (κ1) is 19.9. The van der Waals surface area contributed by atoms with Gasteiger partial charge in [0, 0.05) is 13.1 Å². The molecule has 0 spiro atoms. The Balaban J connectivity index is 1.52. The molecule has 0 saturated carbocycles. The maximum Gasteiger partial charge on any atom is 0.317 e. The van der Waals surface area contributed by atoms with Gasteiger partial charge in [-0.25, -0.2) is 4.79 Å². The monoisotopic (exact) mass is 384 g/mol. The van der Waals surface area contributed by atoms with Crippen molar-refractivity contribution in [3.8, 4) is 17.2 Å². The summed E-state index contributed by atoms with van der Waals surface area (Å²) in [7, 11) is 3.25. The first-order chi connectivity index (χ1) is 13.5. The number of nitrogens with zero attached hydrogens (tertiary/aromatic N) is 1. The lowest BCUT2D eigenvalue weighted by molar-refractivity contribution is 0.189. The number of methoxy groups -OCH3 is 2. The minimum Gasteiger partial charge on any atom is -0.493 e. The molecule has 2 aromatic carbocycles. The third kappa shape index (κ3) is 4.50. The zero-order valence-corrected chi connectivity index (χ0v) is 17.0. The molecule has 6 heteroatoms. The third-order valence-corrected chi connectivity index (χ3v) is 4.97. The smallest absolute Gasteiger partial charge is 0.317 e. The molecule has 1 N–H and O–H groups in total. The number of benzene rings is 2. The van der Waals surface area contributed by atoms with Crippen LogP contribution < -0.4 is 19.5 Å². The van der Waals surface area contributed by atoms with Gasteiger partial charge >= 0.3 is 6.03 Å². The van der Waals surface area contributed by atoms with Crippen molar-refractivity contribution in [2.45, 2.75) is 26.8 Å². The molecule has 0 atom stereocenters. The number of amides is 2. The summed E-state index contributed by atoms with van der Waals surface area (Å²) in [6.07, 6.45) is 0.794. The molecule has 0 bridgehead atoms. The fraction of sp³-hybridized carbons (Fsp3) is 0.409. The van der Waals surface area contributed by atoms with Crippen molar-refractivity contribution in [2.24, 2.45) is 0 Å². The van der Waals surface area contributed by atoms with E-state index in [9.17, 15) is 4.79 Å². The zero-order chi connectivity index (χ0) is 20.1. The summed E-state index contributed by atoms with van der Waals surface area (Å²) < 4.78 is 16.5. The van der Waals surface area contributed by atoms with Gasteiger partial charge in [0.15, 0.2) is 11.5 Å². The standard InChI is InChI=1S/C22H28N2O4/c1-15-5-6-19(16(2)11-15)28-10-8-23-22(25)24-9-7-17-12-20(26-3)21(27-4)13-18(17)14-24/h5-6,11-13H,7-10,14H2,1-4H3,(H,23,25). The molecule has 1 heterocycles. The minimum atomic E-state index is -0.0790. The molecule has 1 aliphatic rings. The number of ether oxygens (including phenoxy) is 3. The van der Waals surface area contributed by atoms with E-state index in [2.05, 4.69) is 18.3 Å². The molecule has 2 amide bonds. The second kappa shape index (κ2) is 8.87. The highest BCUT2D eigenvalue weighted by Gasteiger charge is 2.22. The van der Waals surface area contributed by atoms with Crippen molar-refractivity contribution >= 4 is 6.03 Å². The van der Waals surface area contributed by atoms with E-state index in [0.717, 1.165) is 29.0 Å². The van der Waals surface area contributed by atoms with Gasteiger partial charge in [-0.05, 0) is 55.2 Å². The number of hydrogen-bond acceptors (Lipinski definition) is 4. The van der Waals surface area contributed by atoms with E-state index >= 15 is 0 Å². The van der Waals surface area contributed by atoms with Gasteiger partial charge in [0.1, 0.15) is 12.4 Å². The lowest BCUT2D eigenvalue weighted by Crippen LogP contribution is -2.43. The molecule has 6 nitrogen and oxygen atoms in total. The van der Waals surface area contributed by atoms with E-state index < -0.39 is 0 Å². The molecule has 150 valence electrons. The molecular weight excluding hydrogens is 356 g/mol. The first-order valence-electron chi connectivity index (χ1n) is 9.48. The SMILES string of the molecule is COc1cc2c(cc1OC)CN(C(=O)NCCOc1ccc(C)cc1C)CC2. The minimum absolute atomic E-state index is 0.0790. The second-order valence-corrected chi connectivity index (χ2v) is 7.00.